The molecule has 0 radical (unpaired) electrons. The summed E-state index contributed by atoms with van der Waals surface area (Å²) >= 11 is 0. The van der Waals surface area contributed by atoms with Gasteiger partial charge >= 0.3 is 0 Å². The first kappa shape index (κ1) is 29.1. The second-order valence-electron chi connectivity index (χ2n) is 9.09. The fourth-order valence-electron chi connectivity index (χ4n) is 4.44. The number of hydrogen-bond acceptors (Lipinski definition) is 11. The van der Waals surface area contributed by atoms with Crippen LogP contribution in [-0.2, 0) is 16.7 Å². The summed E-state index contributed by atoms with van der Waals surface area (Å²) in [4.78, 5) is 18.8. The second-order valence-corrected chi connectivity index (χ2v) is 10.1. The maximum Gasteiger partial charge on any atom is 0.269 e. The highest BCUT2D eigenvalue weighted by atomic mass is 32.2. The molecule has 0 unspecified atom stereocenters. The summed E-state index contributed by atoms with van der Waals surface area (Å²) in [5, 5.41) is 11.1. The molecule has 3 aromatic rings. The van der Waals surface area contributed by atoms with Gasteiger partial charge < -0.3 is 25.7 Å². The Bertz CT molecular complexity index is 1630. The molecule has 1 aromatic heterocycles. The summed E-state index contributed by atoms with van der Waals surface area (Å²) in [5.74, 6) is 1.80. The van der Waals surface area contributed by atoms with E-state index < -0.39 is 15.2 Å². The van der Waals surface area contributed by atoms with Crippen LogP contribution in [0.15, 0.2) is 60.3 Å². The van der Waals surface area contributed by atoms with Crippen LogP contribution in [0, 0.1) is 10.1 Å². The Balaban J connectivity index is 1.47. The van der Waals surface area contributed by atoms with Gasteiger partial charge in [0.2, 0.25) is 22.0 Å². The van der Waals surface area contributed by atoms with Crippen molar-refractivity contribution in [1.29, 1.82) is 0 Å². The Labute approximate surface area is 238 Å². The molecule has 13 heteroatoms. The summed E-state index contributed by atoms with van der Waals surface area (Å²) < 4.78 is 40.5. The minimum Gasteiger partial charge on any atom is -0.493 e. The number of nitrogens with two attached hydrogens (primary N) is 2. The molecule has 4 N–H and O–H groups in total. The average molecular weight is 580 g/mol. The van der Waals surface area contributed by atoms with Crippen LogP contribution in [0.25, 0.3) is 5.57 Å². The zero-order valence-corrected chi connectivity index (χ0v) is 23.3. The summed E-state index contributed by atoms with van der Waals surface area (Å²) in [7, 11) is 0.707. The van der Waals surface area contributed by atoms with Gasteiger partial charge in [-0.05, 0) is 65.5 Å². The van der Waals surface area contributed by atoms with Crippen molar-refractivity contribution in [1.82, 2.24) is 9.97 Å². The largest absolute Gasteiger partial charge is 0.493 e. The molecule has 1 aliphatic carbocycles. The van der Waals surface area contributed by atoms with Crippen LogP contribution in [0.5, 0.6) is 17.2 Å². The number of methoxy groups -OCH3 is 2. The van der Waals surface area contributed by atoms with E-state index >= 15 is 0 Å². The number of nitro groups is 1. The van der Waals surface area contributed by atoms with E-state index in [1.54, 1.807) is 24.4 Å². The second kappa shape index (κ2) is 13.0. The van der Waals surface area contributed by atoms with Gasteiger partial charge in [-0.1, -0.05) is 6.08 Å². The van der Waals surface area contributed by atoms with Crippen LogP contribution in [-0.4, -0.2) is 49.0 Å². The van der Waals surface area contributed by atoms with Crippen molar-refractivity contribution in [3.8, 4) is 17.2 Å². The number of rotatable bonds is 11. The summed E-state index contributed by atoms with van der Waals surface area (Å²) in [6.45, 7) is 0.319. The number of nitrogens with zero attached hydrogens (tertiary/aromatic N) is 3. The Hall–Kier alpha value is -4.91. The van der Waals surface area contributed by atoms with Gasteiger partial charge in [-0.25, -0.2) is 4.98 Å². The van der Waals surface area contributed by atoms with E-state index in [1.165, 1.54) is 26.4 Å². The average Bonchev–Trinajstić information content (AvgIpc) is 2.96. The molecule has 0 saturated heterocycles. The predicted molar refractivity (Wildman–Crippen MR) is 156 cm³/mol. The van der Waals surface area contributed by atoms with Gasteiger partial charge in [0.25, 0.3) is 5.69 Å². The number of ether oxygens (including phenoxy) is 3. The summed E-state index contributed by atoms with van der Waals surface area (Å²) in [6, 6.07) is 9.69. The van der Waals surface area contributed by atoms with Crippen molar-refractivity contribution in [3.63, 3.8) is 0 Å². The van der Waals surface area contributed by atoms with E-state index in [2.05, 4.69) is 9.97 Å². The molecule has 0 bridgehead atoms. The molecular weight excluding hydrogens is 550 g/mol. The molecule has 0 saturated carbocycles. The number of non-ortho nitro benzene ring substituents is 1. The molecule has 1 heterocycles. The molecule has 41 heavy (non-hydrogen) atoms. The van der Waals surface area contributed by atoms with E-state index in [1.807, 2.05) is 18.2 Å². The number of aromatic nitrogens is 2. The lowest BCUT2D eigenvalue weighted by Gasteiger charge is -2.19. The quantitative estimate of drug-likeness (QED) is 0.146. The smallest absolute Gasteiger partial charge is 0.269 e. The van der Waals surface area contributed by atoms with Gasteiger partial charge in [0.1, 0.15) is 5.82 Å². The summed E-state index contributed by atoms with van der Waals surface area (Å²) in [5.41, 5.74) is 15.4. The minimum absolute atomic E-state index is 0.0418. The first-order chi connectivity index (χ1) is 19.7. The van der Waals surface area contributed by atoms with Crippen molar-refractivity contribution in [2.45, 2.75) is 25.7 Å². The maximum absolute atomic E-state index is 11.6. The Morgan fingerprint density at radius 1 is 1.07 bits per heavy atom. The van der Waals surface area contributed by atoms with Crippen LogP contribution >= 0.6 is 0 Å². The molecule has 4 rings (SSSR count). The van der Waals surface area contributed by atoms with Crippen LogP contribution < -0.4 is 25.7 Å². The van der Waals surface area contributed by atoms with Crippen LogP contribution in [0.4, 0.5) is 17.5 Å². The third-order valence-electron chi connectivity index (χ3n) is 6.47. The summed E-state index contributed by atoms with van der Waals surface area (Å²) in [6.07, 6.45) is 6.94. The zero-order chi connectivity index (χ0) is 29.5. The third kappa shape index (κ3) is 7.00. The highest BCUT2D eigenvalue weighted by Gasteiger charge is 2.18. The van der Waals surface area contributed by atoms with E-state index in [0.29, 0.717) is 65.6 Å². The van der Waals surface area contributed by atoms with Gasteiger partial charge in [-0.15, -0.1) is 0 Å². The number of allylic oxidation sites excluding steroid dienone is 4. The third-order valence-corrected chi connectivity index (χ3v) is 7.19. The Kier molecular flexibility index (Phi) is 9.19. The van der Waals surface area contributed by atoms with Crippen LogP contribution in [0.1, 0.15) is 36.0 Å². The van der Waals surface area contributed by atoms with Gasteiger partial charge in [-0.2, -0.15) is 13.4 Å². The van der Waals surface area contributed by atoms with Crippen LogP contribution in [0.3, 0.4) is 0 Å². The molecule has 214 valence electrons. The van der Waals surface area contributed by atoms with Crippen molar-refractivity contribution in [3.05, 3.63) is 87.1 Å². The predicted octanol–water partition coefficient (Wildman–Crippen LogP) is 3.78. The molecule has 0 spiro atoms. The van der Waals surface area contributed by atoms with E-state index in [9.17, 15) is 18.5 Å². The Morgan fingerprint density at radius 3 is 2.34 bits per heavy atom. The number of nitro benzene ring substituents is 1. The fourth-order valence-corrected chi connectivity index (χ4v) is 4.87. The highest BCUT2D eigenvalue weighted by Crippen LogP contribution is 2.40. The molecule has 0 amide bonds. The van der Waals surface area contributed by atoms with Crippen molar-refractivity contribution < 1.29 is 27.6 Å². The molecule has 2 aromatic carbocycles. The molecule has 0 atom stereocenters. The zero-order valence-electron chi connectivity index (χ0n) is 22.5. The number of nitrogen functional groups attached to an aromatic ring is 2. The van der Waals surface area contributed by atoms with E-state index in [-0.39, 0.29) is 22.9 Å². The highest BCUT2D eigenvalue weighted by molar-refractivity contribution is 7.73. The fraction of sp³-hybridized carbons (Fsp3) is 0.250. The lowest BCUT2D eigenvalue weighted by atomic mass is 9.89. The standard InChI is InChI=1S/C28H29N5O7S/c1-38-24-13-17(12-20-16-31-28(30)32-27(20)29)14-25(39-2)26(24)40-11-3-4-18-7-10-22(41(36)37)15-23(18)19-5-8-21(9-6-19)33(34)35/h5-9,13-16H,3-4,10-12H2,1-2H3,(H4,29,30,31,32). The lowest BCUT2D eigenvalue weighted by Crippen LogP contribution is -2.07. The van der Waals surface area contributed by atoms with Crippen LogP contribution in [0.2, 0.25) is 0 Å². The monoisotopic (exact) mass is 579 g/mol. The van der Waals surface area contributed by atoms with Crippen molar-refractivity contribution in [2.24, 2.45) is 0 Å². The molecule has 1 aliphatic rings. The first-order valence-electron chi connectivity index (χ1n) is 12.6. The number of benzene rings is 2. The number of anilines is 2. The van der Waals surface area contributed by atoms with E-state index in [4.69, 9.17) is 25.7 Å². The lowest BCUT2D eigenvalue weighted by molar-refractivity contribution is -0.384. The van der Waals surface area contributed by atoms with Gasteiger partial charge in [-0.3, -0.25) is 10.1 Å². The molecular formula is C28H29N5O7S. The van der Waals surface area contributed by atoms with E-state index in [0.717, 1.165) is 11.1 Å². The molecule has 12 nitrogen and oxygen atoms in total. The topological polar surface area (TPSA) is 183 Å². The number of hydrogen-bond donors (Lipinski definition) is 2. The molecule has 0 fully saturated rings. The van der Waals surface area contributed by atoms with Gasteiger partial charge in [0.15, 0.2) is 11.5 Å². The SMILES string of the molecule is COc1cc(Cc2cnc(N)nc2N)cc(OC)c1OCCCC1=CCC(=S(=O)=O)C=C1c1ccc([N+](=O)[O-])cc1. The molecule has 0 aliphatic heterocycles. The minimum atomic E-state index is -2.37. The normalized spacial score (nSPS) is 12.8. The van der Waals surface area contributed by atoms with Crippen molar-refractivity contribution in [2.75, 3.05) is 32.3 Å². The maximum atomic E-state index is 11.6. The Morgan fingerprint density at radius 2 is 1.76 bits per heavy atom. The van der Waals surface area contributed by atoms with Gasteiger partial charge in [0.05, 0.1) is 30.6 Å². The van der Waals surface area contributed by atoms with Gasteiger partial charge in [0, 0.05) is 36.7 Å². The van der Waals surface area contributed by atoms with Crippen molar-refractivity contribution >= 4 is 38.2 Å². The first-order valence-corrected chi connectivity index (χ1v) is 13.6.